The SMILES string of the molecule is C=C(C)[C@@H]1CC[C@]2(C)[C@H](CC[C@@H]3[C@@H]([C@]4(C)CC[C@@](O)(C(C)(C)O)O4)CC[C@]32C)[C@@]1(C)CCC(=O)O.C=C(C)[C@@H]1CC[C@]2(C)[C@H](CC[C@@H]3[C@@H]([C@]4(C)CC[C@@](O)(C(C)(C)O)O4)CC[C@]32C)[C@@]1(C)CCC(=O)O. The summed E-state index contributed by atoms with van der Waals surface area (Å²) in [6.45, 7) is 38.6. The number of allylic oxidation sites excluding steroid dienone is 2. The molecular weight excluding hydrogens is 881 g/mol. The van der Waals surface area contributed by atoms with Gasteiger partial charge in [-0.05, 0) is 238 Å². The minimum atomic E-state index is -1.50. The van der Waals surface area contributed by atoms with E-state index in [4.69, 9.17) is 9.47 Å². The molecule has 0 aromatic rings. The summed E-state index contributed by atoms with van der Waals surface area (Å²) in [7, 11) is 0. The van der Waals surface area contributed by atoms with Crippen molar-refractivity contribution in [3.05, 3.63) is 24.3 Å². The third kappa shape index (κ3) is 8.47. The van der Waals surface area contributed by atoms with Crippen LogP contribution in [0.25, 0.3) is 0 Å². The first kappa shape index (κ1) is 55.9. The lowest BCUT2D eigenvalue weighted by Crippen LogP contribution is -2.60. The highest BCUT2D eigenvalue weighted by molar-refractivity contribution is 5.67. The van der Waals surface area contributed by atoms with Crippen LogP contribution in [0.1, 0.15) is 225 Å². The van der Waals surface area contributed by atoms with E-state index in [0.29, 0.717) is 73.0 Å². The second-order valence-corrected chi connectivity index (χ2v) is 28.6. The van der Waals surface area contributed by atoms with Crippen LogP contribution in [-0.4, -0.2) is 76.6 Å². The standard InChI is InChI=1S/2C30H50O5/c2*1-19(2)20-11-16-28(7)23(26(20,5)14-13-24(31)32)10-9-21-22(12-15-27(21,28)6)29(8)17-18-30(34,35-29)25(3,4)33/h2*20-23,33-34H,1,9-18H2,2-8H3,(H,31,32)/t2*20-,21+,22-,23+,26-,27+,28+,29-,30-/m00/s1. The number of fused-ring (bicyclic) bond motifs is 6. The highest BCUT2D eigenvalue weighted by Gasteiger charge is 2.71. The highest BCUT2D eigenvalue weighted by atomic mass is 16.7. The molecule has 0 bridgehead atoms. The number of aliphatic carboxylic acids is 2. The Morgan fingerprint density at radius 3 is 1.07 bits per heavy atom. The van der Waals surface area contributed by atoms with Crippen LogP contribution >= 0.6 is 0 Å². The maximum atomic E-state index is 11.6. The minimum absolute atomic E-state index is 0.0573. The topological polar surface area (TPSA) is 174 Å². The van der Waals surface area contributed by atoms with Crippen molar-refractivity contribution in [2.24, 2.45) is 79.8 Å². The van der Waals surface area contributed by atoms with E-state index >= 15 is 0 Å². The van der Waals surface area contributed by atoms with Gasteiger partial charge in [0.05, 0.1) is 11.2 Å². The Labute approximate surface area is 423 Å². The lowest BCUT2D eigenvalue weighted by atomic mass is 9.38. The maximum Gasteiger partial charge on any atom is 0.303 e. The average molecular weight is 981 g/mol. The van der Waals surface area contributed by atoms with Gasteiger partial charge < -0.3 is 40.1 Å². The Bertz CT molecular complexity index is 1890. The molecule has 18 atom stereocenters. The third-order valence-electron chi connectivity index (χ3n) is 24.5. The molecule has 6 aliphatic carbocycles. The van der Waals surface area contributed by atoms with Gasteiger partial charge >= 0.3 is 11.9 Å². The number of carbonyl (C=O) groups is 2. The molecule has 70 heavy (non-hydrogen) atoms. The predicted octanol–water partition coefficient (Wildman–Crippen LogP) is 12.6. The Morgan fingerprint density at radius 1 is 0.486 bits per heavy atom. The smallest absolute Gasteiger partial charge is 0.303 e. The first-order valence-electron chi connectivity index (χ1n) is 27.9. The van der Waals surface area contributed by atoms with Crippen molar-refractivity contribution in [3.8, 4) is 0 Å². The van der Waals surface area contributed by atoms with Crippen LogP contribution in [0.5, 0.6) is 0 Å². The van der Waals surface area contributed by atoms with Crippen LogP contribution in [0.4, 0.5) is 0 Å². The van der Waals surface area contributed by atoms with Crippen molar-refractivity contribution in [1.82, 2.24) is 0 Å². The van der Waals surface area contributed by atoms with E-state index in [1.807, 2.05) is 0 Å². The lowest BCUT2D eigenvalue weighted by molar-refractivity contribution is -0.306. The molecule has 2 saturated heterocycles. The molecule has 0 amide bonds. The van der Waals surface area contributed by atoms with Crippen molar-refractivity contribution in [2.45, 2.75) is 259 Å². The van der Waals surface area contributed by atoms with Gasteiger partial charge in [-0.15, -0.1) is 0 Å². The number of hydrogen-bond donors (Lipinski definition) is 6. The largest absolute Gasteiger partial charge is 0.481 e. The van der Waals surface area contributed by atoms with Gasteiger partial charge in [-0.1, -0.05) is 65.8 Å². The predicted molar refractivity (Wildman–Crippen MR) is 275 cm³/mol. The number of carboxylic acid groups (broad SMARTS) is 2. The summed E-state index contributed by atoms with van der Waals surface area (Å²) in [6, 6.07) is 0. The fraction of sp³-hybridized carbons (Fsp3) is 0.900. The summed E-state index contributed by atoms with van der Waals surface area (Å²) in [5.74, 6) is -1.03. The number of aliphatic hydroxyl groups is 4. The van der Waals surface area contributed by atoms with E-state index in [1.165, 1.54) is 11.1 Å². The van der Waals surface area contributed by atoms with E-state index in [2.05, 4.69) is 82.4 Å². The molecule has 2 heterocycles. The molecule has 6 saturated carbocycles. The van der Waals surface area contributed by atoms with Gasteiger partial charge in [0.1, 0.15) is 11.2 Å². The van der Waals surface area contributed by atoms with Crippen LogP contribution < -0.4 is 0 Å². The Hall–Kier alpha value is -1.82. The van der Waals surface area contributed by atoms with Crippen LogP contribution in [0.2, 0.25) is 0 Å². The monoisotopic (exact) mass is 981 g/mol. The number of carboxylic acids is 2. The average Bonchev–Trinajstić information content (AvgIpc) is 3.98. The molecule has 2 aliphatic heterocycles. The summed E-state index contributed by atoms with van der Waals surface area (Å²) in [5.41, 5.74) is -0.646. The zero-order chi connectivity index (χ0) is 52.5. The normalized spacial score (nSPS) is 50.0. The van der Waals surface area contributed by atoms with Crippen LogP contribution in [0, 0.1) is 79.8 Å². The molecule has 400 valence electrons. The van der Waals surface area contributed by atoms with E-state index in [9.17, 15) is 40.2 Å². The zero-order valence-electron chi connectivity index (χ0n) is 46.5. The molecular formula is C60H100O10. The molecule has 10 heteroatoms. The van der Waals surface area contributed by atoms with E-state index < -0.39 is 45.9 Å². The zero-order valence-corrected chi connectivity index (χ0v) is 46.5. The van der Waals surface area contributed by atoms with E-state index in [1.54, 1.807) is 27.7 Å². The quantitative estimate of drug-likeness (QED) is 0.103. The maximum absolute atomic E-state index is 11.6. The fourth-order valence-electron chi connectivity index (χ4n) is 19.9. The highest BCUT2D eigenvalue weighted by Crippen LogP contribution is 2.76. The van der Waals surface area contributed by atoms with Crippen molar-refractivity contribution in [3.63, 3.8) is 0 Å². The Morgan fingerprint density at radius 2 is 0.800 bits per heavy atom. The Balaban J connectivity index is 0.000000206. The second-order valence-electron chi connectivity index (χ2n) is 28.6. The van der Waals surface area contributed by atoms with Crippen molar-refractivity contribution in [1.29, 1.82) is 0 Å². The van der Waals surface area contributed by atoms with Gasteiger partial charge in [0.15, 0.2) is 11.6 Å². The van der Waals surface area contributed by atoms with Crippen LogP contribution in [0.3, 0.4) is 0 Å². The molecule has 0 unspecified atom stereocenters. The first-order chi connectivity index (χ1) is 31.9. The molecule has 0 aromatic heterocycles. The molecule has 8 aliphatic rings. The summed E-state index contributed by atoms with van der Waals surface area (Å²) in [5, 5.41) is 62.6. The van der Waals surface area contributed by atoms with Crippen molar-refractivity contribution in [2.75, 3.05) is 0 Å². The summed E-state index contributed by atoms with van der Waals surface area (Å²) >= 11 is 0. The summed E-state index contributed by atoms with van der Waals surface area (Å²) in [6.07, 6.45) is 17.7. The fourth-order valence-corrected chi connectivity index (χ4v) is 19.9. The van der Waals surface area contributed by atoms with Gasteiger partial charge in [0.2, 0.25) is 0 Å². The van der Waals surface area contributed by atoms with Gasteiger partial charge in [-0.25, -0.2) is 0 Å². The van der Waals surface area contributed by atoms with Gasteiger partial charge in [-0.3, -0.25) is 9.59 Å². The van der Waals surface area contributed by atoms with Gasteiger partial charge in [0.25, 0.3) is 0 Å². The third-order valence-corrected chi connectivity index (χ3v) is 24.5. The molecule has 0 aromatic carbocycles. The van der Waals surface area contributed by atoms with Crippen LogP contribution in [-0.2, 0) is 19.1 Å². The molecule has 6 N–H and O–H groups in total. The Kier molecular flexibility index (Phi) is 14.3. The summed E-state index contributed by atoms with van der Waals surface area (Å²) < 4.78 is 12.9. The second kappa shape index (κ2) is 17.9. The number of rotatable bonds is 12. The number of hydrogen-bond acceptors (Lipinski definition) is 8. The first-order valence-corrected chi connectivity index (χ1v) is 27.9. The van der Waals surface area contributed by atoms with Gasteiger partial charge in [-0.2, -0.15) is 0 Å². The molecule has 8 rings (SSSR count). The van der Waals surface area contributed by atoms with E-state index in [0.717, 1.165) is 89.9 Å². The molecule has 0 spiro atoms. The number of ether oxygens (including phenoxy) is 2. The molecule has 0 radical (unpaired) electrons. The minimum Gasteiger partial charge on any atom is -0.481 e. The van der Waals surface area contributed by atoms with Gasteiger partial charge in [0, 0.05) is 25.7 Å². The lowest BCUT2D eigenvalue weighted by Gasteiger charge is -2.66. The molecule has 10 nitrogen and oxygen atoms in total. The van der Waals surface area contributed by atoms with Crippen molar-refractivity contribution >= 4 is 11.9 Å². The molecule has 8 fully saturated rings. The van der Waals surface area contributed by atoms with Crippen molar-refractivity contribution < 1.29 is 49.7 Å². The summed E-state index contributed by atoms with van der Waals surface area (Å²) in [4.78, 5) is 23.2. The van der Waals surface area contributed by atoms with E-state index in [-0.39, 0.29) is 45.3 Å². The van der Waals surface area contributed by atoms with Crippen LogP contribution in [0.15, 0.2) is 24.3 Å².